The quantitative estimate of drug-likeness (QED) is 0.157. The van der Waals surface area contributed by atoms with E-state index < -0.39 is 0 Å². The van der Waals surface area contributed by atoms with E-state index in [1.807, 2.05) is 20.8 Å². The van der Waals surface area contributed by atoms with Crippen LogP contribution in [-0.2, 0) is 10.8 Å². The fourth-order valence-corrected chi connectivity index (χ4v) is 11.4. The first-order valence-corrected chi connectivity index (χ1v) is 27.3. The predicted octanol–water partition coefficient (Wildman–Crippen LogP) is 20.4. The molecule has 0 spiro atoms. The lowest BCUT2D eigenvalue weighted by Gasteiger charge is -2.19. The third-order valence-electron chi connectivity index (χ3n) is 14.9. The van der Waals surface area contributed by atoms with Crippen molar-refractivity contribution in [1.82, 2.24) is 18.3 Å². The van der Waals surface area contributed by atoms with Gasteiger partial charge in [-0.25, -0.2) is 0 Å². The number of hydrogen-bond acceptors (Lipinski definition) is 0. The van der Waals surface area contributed by atoms with Crippen molar-refractivity contribution in [2.45, 2.75) is 78.0 Å². The van der Waals surface area contributed by atoms with E-state index in [1.165, 1.54) is 121 Å². The molecule has 0 aliphatic heterocycles. The van der Waals surface area contributed by atoms with Crippen LogP contribution in [0.3, 0.4) is 0 Å². The van der Waals surface area contributed by atoms with Crippen LogP contribution in [0.1, 0.15) is 73.4 Å². The summed E-state index contributed by atoms with van der Waals surface area (Å²) in [6.45, 7) is 19.6. The highest BCUT2D eigenvalue weighted by Gasteiger charge is 2.25. The van der Waals surface area contributed by atoms with Gasteiger partial charge >= 0.3 is 0 Å². The molecule has 4 aromatic heterocycles. The van der Waals surface area contributed by atoms with E-state index in [-0.39, 0.29) is 15.7 Å². The molecular formula is C72H65ClN4. The van der Waals surface area contributed by atoms with Gasteiger partial charge in [-0.1, -0.05) is 187 Å². The lowest BCUT2D eigenvalue weighted by molar-refractivity contribution is 0.591. The van der Waals surface area contributed by atoms with Gasteiger partial charge in [0, 0.05) is 70.7 Å². The van der Waals surface area contributed by atoms with E-state index in [4.69, 9.17) is 11.6 Å². The Morgan fingerprint density at radius 3 is 0.753 bits per heavy atom. The van der Waals surface area contributed by atoms with E-state index in [2.05, 4.69) is 290 Å². The highest BCUT2D eigenvalue weighted by Crippen LogP contribution is 2.45. The number of rotatable bonds is 4. The maximum atomic E-state index is 5.53. The zero-order valence-corrected chi connectivity index (χ0v) is 46.4. The molecule has 0 N–H and O–H groups in total. The topological polar surface area (TPSA) is 19.7 Å². The van der Waals surface area contributed by atoms with Gasteiger partial charge in [0.2, 0.25) is 0 Å². The summed E-state index contributed by atoms with van der Waals surface area (Å²) in [5.74, 6) is 0. The molecular weight excluding hydrogens is 956 g/mol. The van der Waals surface area contributed by atoms with Gasteiger partial charge in [-0.15, -0.1) is 11.6 Å². The molecule has 0 fully saturated rings. The third-order valence-corrected chi connectivity index (χ3v) is 14.9. The molecule has 0 aliphatic carbocycles. The molecule has 0 saturated carbocycles. The van der Waals surface area contributed by atoms with Crippen LogP contribution in [0.15, 0.2) is 231 Å². The Hall–Kier alpha value is -8.31. The number of fused-ring (bicyclic) bond motifs is 14. The molecule has 14 aromatic rings. The summed E-state index contributed by atoms with van der Waals surface area (Å²) in [7, 11) is 0. The summed E-state index contributed by atoms with van der Waals surface area (Å²) in [5, 5.41) is 10.3. The number of aromatic nitrogens is 4. The standard InChI is InChI=1S/C38H36N2.C30H20N2.C4H9Cl/c1-37(2,3)25-17-21-33-31(23-25)29-19-20-30-32-24-26(38(4,5)6)18-22-34(32)40(28-15-11-8-12-16-28)36(30)35(29)39(33)27-13-9-7-10-14-27;1-3-11-21(12-4-1)31-27-17-9-7-15-23(27)25-19-20-26-24-16-8-10-18-28(24)32(30(26)29(25)31)22-13-5-2-6-14-22;1-4(2,3)5/h7-24H,1-6H3;1-20H;1-3H3. The lowest BCUT2D eigenvalue weighted by atomic mass is 9.86. The van der Waals surface area contributed by atoms with Gasteiger partial charge in [-0.2, -0.15) is 0 Å². The Kier molecular flexibility index (Phi) is 12.3. The van der Waals surface area contributed by atoms with Crippen molar-refractivity contribution in [1.29, 1.82) is 0 Å². The number of nitrogens with zero attached hydrogens (tertiary/aromatic N) is 4. The van der Waals surface area contributed by atoms with E-state index in [0.29, 0.717) is 0 Å². The van der Waals surface area contributed by atoms with Crippen LogP contribution in [0.2, 0.25) is 0 Å². The Balaban J connectivity index is 0.000000145. The molecule has 0 atom stereocenters. The summed E-state index contributed by atoms with van der Waals surface area (Å²) < 4.78 is 9.79. The van der Waals surface area contributed by atoms with Crippen molar-refractivity contribution in [2.75, 3.05) is 0 Å². The van der Waals surface area contributed by atoms with Crippen LogP contribution in [0.5, 0.6) is 0 Å². The molecule has 14 rings (SSSR count). The fourth-order valence-electron chi connectivity index (χ4n) is 11.4. The van der Waals surface area contributed by atoms with Gasteiger partial charge in [0.05, 0.1) is 44.1 Å². The van der Waals surface area contributed by atoms with Crippen LogP contribution in [0.4, 0.5) is 0 Å². The molecule has 0 saturated heterocycles. The van der Waals surface area contributed by atoms with Crippen molar-refractivity contribution in [2.24, 2.45) is 0 Å². The van der Waals surface area contributed by atoms with Crippen LogP contribution in [-0.4, -0.2) is 23.1 Å². The number of benzene rings is 10. The monoisotopic (exact) mass is 1020 g/mol. The summed E-state index contributed by atoms with van der Waals surface area (Å²) in [6.07, 6.45) is 0. The van der Waals surface area contributed by atoms with E-state index in [1.54, 1.807) is 0 Å². The number of alkyl halides is 1. The average Bonchev–Trinajstić information content (AvgIpc) is 4.27. The van der Waals surface area contributed by atoms with Crippen molar-refractivity contribution in [3.63, 3.8) is 0 Å². The minimum Gasteiger partial charge on any atom is -0.307 e. The van der Waals surface area contributed by atoms with Crippen molar-refractivity contribution >= 4 is 98.8 Å². The molecule has 0 unspecified atom stereocenters. The maximum absolute atomic E-state index is 5.53. The van der Waals surface area contributed by atoms with Gasteiger partial charge in [0.15, 0.2) is 0 Å². The number of halogens is 1. The van der Waals surface area contributed by atoms with Crippen molar-refractivity contribution in [3.8, 4) is 22.7 Å². The van der Waals surface area contributed by atoms with E-state index >= 15 is 0 Å². The molecule has 0 radical (unpaired) electrons. The van der Waals surface area contributed by atoms with Crippen molar-refractivity contribution in [3.05, 3.63) is 242 Å². The highest BCUT2D eigenvalue weighted by atomic mass is 35.5. The first-order chi connectivity index (χ1) is 37.0. The second kappa shape index (κ2) is 19.1. The molecule has 0 aliphatic rings. The normalized spacial score (nSPS) is 12.3. The number of para-hydroxylation sites is 6. The Morgan fingerprint density at radius 1 is 0.247 bits per heavy atom. The SMILES string of the molecule is CC(C)(C)Cl.CC(C)(C)c1ccc2c(c1)c1ccc3c4cc(C(C)(C)C)ccc4n(-c4ccccc4)c3c1n2-c1ccccc1.c1ccc(-n2c3ccccc3c3ccc4c5ccccc5n(-c5ccccc5)c4c32)cc1. The smallest absolute Gasteiger partial charge is 0.0788 e. The van der Waals surface area contributed by atoms with Gasteiger partial charge in [0.25, 0.3) is 0 Å². The van der Waals surface area contributed by atoms with Crippen LogP contribution >= 0.6 is 11.6 Å². The summed E-state index contributed by atoms with van der Waals surface area (Å²) in [4.78, 5) is -0.0278. The fraction of sp³-hybridized carbons (Fsp3) is 0.167. The van der Waals surface area contributed by atoms with Crippen LogP contribution in [0.25, 0.3) is 110 Å². The zero-order chi connectivity index (χ0) is 53.4. The molecule has 4 heterocycles. The molecule has 0 amide bonds. The number of hydrogen-bond donors (Lipinski definition) is 0. The van der Waals surface area contributed by atoms with Crippen LogP contribution < -0.4 is 0 Å². The zero-order valence-electron chi connectivity index (χ0n) is 45.6. The highest BCUT2D eigenvalue weighted by molar-refractivity contribution is 6.25. The summed E-state index contributed by atoms with van der Waals surface area (Å²) in [6, 6.07) is 83.8. The van der Waals surface area contributed by atoms with Crippen LogP contribution in [0, 0.1) is 0 Å². The molecule has 0 bridgehead atoms. The van der Waals surface area contributed by atoms with E-state index in [0.717, 1.165) is 0 Å². The first-order valence-electron chi connectivity index (χ1n) is 27.0. The van der Waals surface area contributed by atoms with Gasteiger partial charge in [-0.05, 0) is 128 Å². The predicted molar refractivity (Wildman–Crippen MR) is 333 cm³/mol. The van der Waals surface area contributed by atoms with Gasteiger partial charge in [0.1, 0.15) is 0 Å². The Bertz CT molecular complexity index is 4190. The largest absolute Gasteiger partial charge is 0.307 e. The Morgan fingerprint density at radius 2 is 0.481 bits per heavy atom. The second-order valence-corrected chi connectivity index (χ2v) is 24.6. The minimum absolute atomic E-state index is 0.0278. The lowest BCUT2D eigenvalue weighted by Crippen LogP contribution is -2.10. The average molecular weight is 1020 g/mol. The molecule has 77 heavy (non-hydrogen) atoms. The van der Waals surface area contributed by atoms with Gasteiger partial charge < -0.3 is 18.3 Å². The molecule has 5 heteroatoms. The summed E-state index contributed by atoms with van der Waals surface area (Å²) >= 11 is 5.53. The second-order valence-electron chi connectivity index (χ2n) is 23.5. The van der Waals surface area contributed by atoms with Gasteiger partial charge in [-0.3, -0.25) is 0 Å². The molecule has 10 aromatic carbocycles. The summed E-state index contributed by atoms with van der Waals surface area (Å²) in [5.41, 5.74) is 17.5. The van der Waals surface area contributed by atoms with Crippen molar-refractivity contribution < 1.29 is 0 Å². The third kappa shape index (κ3) is 8.85. The first kappa shape index (κ1) is 49.6. The Labute approximate surface area is 457 Å². The van der Waals surface area contributed by atoms with E-state index in [9.17, 15) is 0 Å². The molecule has 380 valence electrons. The minimum atomic E-state index is -0.0278. The maximum Gasteiger partial charge on any atom is 0.0788 e. The molecule has 4 nitrogen and oxygen atoms in total.